The summed E-state index contributed by atoms with van der Waals surface area (Å²) >= 11 is 9.43. The fourth-order valence-electron chi connectivity index (χ4n) is 1.96. The van der Waals surface area contributed by atoms with E-state index in [4.69, 9.17) is 11.6 Å². The molecular weight excluding hydrogens is 338 g/mol. The van der Waals surface area contributed by atoms with Crippen molar-refractivity contribution in [3.63, 3.8) is 0 Å². The molecule has 0 fully saturated rings. The van der Waals surface area contributed by atoms with Crippen LogP contribution in [0.25, 0.3) is 0 Å². The predicted molar refractivity (Wildman–Crippen MR) is 86.2 cm³/mol. The Labute approximate surface area is 132 Å². The van der Waals surface area contributed by atoms with Gasteiger partial charge < -0.3 is 5.32 Å². The lowest BCUT2D eigenvalue weighted by Crippen LogP contribution is -2.29. The van der Waals surface area contributed by atoms with Crippen molar-refractivity contribution in [1.29, 1.82) is 0 Å². The molecule has 4 heteroatoms. The molecule has 0 radical (unpaired) electrons. The number of amides is 1. The summed E-state index contributed by atoms with van der Waals surface area (Å²) in [5.74, 6) is 0.203. The molecule has 0 aromatic heterocycles. The number of hydrogen-bond acceptors (Lipinski definition) is 1. The van der Waals surface area contributed by atoms with Gasteiger partial charge in [-0.25, -0.2) is 0 Å². The number of halogens is 2. The van der Waals surface area contributed by atoms with Crippen molar-refractivity contribution < 1.29 is 4.79 Å². The van der Waals surface area contributed by atoms with Gasteiger partial charge in [-0.05, 0) is 40.0 Å². The van der Waals surface area contributed by atoms with Crippen LogP contribution >= 0.6 is 27.5 Å². The molecule has 20 heavy (non-hydrogen) atoms. The average Bonchev–Trinajstić information content (AvgIpc) is 2.48. The van der Waals surface area contributed by atoms with Crippen LogP contribution in [0.2, 0.25) is 0 Å². The molecule has 2 aromatic carbocycles. The van der Waals surface area contributed by atoms with Crippen molar-refractivity contribution in [2.45, 2.75) is 13.0 Å². The van der Waals surface area contributed by atoms with Crippen LogP contribution in [-0.2, 0) is 0 Å². The van der Waals surface area contributed by atoms with Crippen molar-refractivity contribution in [1.82, 2.24) is 5.32 Å². The second-order valence-corrected chi connectivity index (χ2v) is 5.63. The average molecular weight is 353 g/mol. The summed E-state index contributed by atoms with van der Waals surface area (Å²) in [6.45, 7) is 1.96. The minimum atomic E-state index is -0.197. The number of aryl methyl sites for hydroxylation is 1. The van der Waals surface area contributed by atoms with Crippen LogP contribution in [0, 0.1) is 6.92 Å². The smallest absolute Gasteiger partial charge is 0.252 e. The zero-order valence-corrected chi connectivity index (χ0v) is 13.4. The molecule has 104 valence electrons. The minimum absolute atomic E-state index is 0.130. The number of carbonyl (C=O) groups excluding carboxylic acids is 1. The van der Waals surface area contributed by atoms with E-state index in [1.807, 2.05) is 49.4 Å². The fraction of sp³-hybridized carbons (Fsp3) is 0.188. The number of benzene rings is 2. The summed E-state index contributed by atoms with van der Waals surface area (Å²) < 4.78 is 0.818. The third-order valence-corrected chi connectivity index (χ3v) is 4.46. The predicted octanol–water partition coefficient (Wildman–Crippen LogP) is 4.47. The monoisotopic (exact) mass is 351 g/mol. The van der Waals surface area contributed by atoms with Crippen LogP contribution in [0.15, 0.2) is 53.0 Å². The fourth-order valence-corrected chi connectivity index (χ4v) is 2.65. The van der Waals surface area contributed by atoms with Gasteiger partial charge >= 0.3 is 0 Å². The lowest BCUT2D eigenvalue weighted by Gasteiger charge is -2.17. The first-order chi connectivity index (χ1) is 9.63. The van der Waals surface area contributed by atoms with Gasteiger partial charge in [0.2, 0.25) is 0 Å². The Morgan fingerprint density at radius 3 is 2.55 bits per heavy atom. The highest BCUT2D eigenvalue weighted by atomic mass is 79.9. The molecule has 0 heterocycles. The standard InChI is InChI=1S/C16H15BrClNO/c1-11-6-5-9-13(15(11)17)16(20)19-14(10-18)12-7-3-2-4-8-12/h2-9,14H,10H2,1H3,(H,19,20). The van der Waals surface area contributed by atoms with Crippen LogP contribution in [0.5, 0.6) is 0 Å². The van der Waals surface area contributed by atoms with E-state index in [-0.39, 0.29) is 11.9 Å². The quantitative estimate of drug-likeness (QED) is 0.808. The van der Waals surface area contributed by atoms with Crippen molar-refractivity contribution in [2.75, 3.05) is 5.88 Å². The number of carbonyl (C=O) groups is 1. The van der Waals surface area contributed by atoms with Gasteiger partial charge in [0.25, 0.3) is 5.91 Å². The summed E-state index contributed by atoms with van der Waals surface area (Å²) in [5.41, 5.74) is 2.65. The van der Waals surface area contributed by atoms with Gasteiger partial charge in [-0.1, -0.05) is 42.5 Å². The summed E-state index contributed by atoms with van der Waals surface area (Å²) in [7, 11) is 0. The number of alkyl halides is 1. The summed E-state index contributed by atoms with van der Waals surface area (Å²) in [4.78, 5) is 12.4. The minimum Gasteiger partial charge on any atom is -0.344 e. The molecule has 0 aliphatic rings. The summed E-state index contributed by atoms with van der Waals surface area (Å²) in [6, 6.07) is 15.1. The maximum absolute atomic E-state index is 12.4. The van der Waals surface area contributed by atoms with Crippen molar-refractivity contribution >= 4 is 33.4 Å². The molecule has 2 rings (SSSR count). The molecule has 0 spiro atoms. The Morgan fingerprint density at radius 2 is 1.90 bits per heavy atom. The van der Waals surface area contributed by atoms with Crippen LogP contribution in [0.3, 0.4) is 0 Å². The Morgan fingerprint density at radius 1 is 1.20 bits per heavy atom. The molecule has 1 unspecified atom stereocenters. The molecule has 0 saturated carbocycles. The van der Waals surface area contributed by atoms with Gasteiger partial charge in [0.15, 0.2) is 0 Å². The highest BCUT2D eigenvalue weighted by Gasteiger charge is 2.17. The van der Waals surface area contributed by atoms with Crippen LogP contribution < -0.4 is 5.32 Å². The van der Waals surface area contributed by atoms with Crippen molar-refractivity contribution in [3.05, 3.63) is 69.7 Å². The zero-order valence-electron chi connectivity index (χ0n) is 11.1. The molecule has 0 bridgehead atoms. The Kier molecular flexibility index (Phi) is 5.21. The highest BCUT2D eigenvalue weighted by Crippen LogP contribution is 2.22. The summed E-state index contributed by atoms with van der Waals surface area (Å²) in [5, 5.41) is 2.97. The van der Waals surface area contributed by atoms with E-state index in [1.54, 1.807) is 6.07 Å². The molecule has 1 atom stereocenters. The molecule has 2 aromatic rings. The lowest BCUT2D eigenvalue weighted by atomic mass is 10.1. The zero-order chi connectivity index (χ0) is 14.5. The molecule has 2 nitrogen and oxygen atoms in total. The van der Waals surface area contributed by atoms with Gasteiger partial charge in [-0.2, -0.15) is 0 Å². The number of rotatable bonds is 4. The van der Waals surface area contributed by atoms with Gasteiger partial charge in [0.05, 0.1) is 11.6 Å². The van der Waals surface area contributed by atoms with Crippen LogP contribution in [0.4, 0.5) is 0 Å². The second-order valence-electron chi connectivity index (χ2n) is 4.53. The van der Waals surface area contributed by atoms with E-state index in [9.17, 15) is 4.79 Å². The SMILES string of the molecule is Cc1cccc(C(=O)NC(CCl)c2ccccc2)c1Br. The Balaban J connectivity index is 2.20. The van der Waals surface area contributed by atoms with Crippen LogP contribution in [-0.4, -0.2) is 11.8 Å². The molecule has 0 aliphatic heterocycles. The topological polar surface area (TPSA) is 29.1 Å². The van der Waals surface area contributed by atoms with E-state index in [2.05, 4.69) is 21.2 Å². The molecule has 1 amide bonds. The van der Waals surface area contributed by atoms with E-state index < -0.39 is 0 Å². The Hall–Kier alpha value is -1.32. The first-order valence-corrected chi connectivity index (χ1v) is 7.63. The first-order valence-electron chi connectivity index (χ1n) is 6.30. The van der Waals surface area contributed by atoms with E-state index in [0.29, 0.717) is 11.4 Å². The normalized spacial score (nSPS) is 11.9. The van der Waals surface area contributed by atoms with E-state index >= 15 is 0 Å². The number of hydrogen-bond donors (Lipinski definition) is 1. The maximum Gasteiger partial charge on any atom is 0.252 e. The summed E-state index contributed by atoms with van der Waals surface area (Å²) in [6.07, 6.45) is 0. The van der Waals surface area contributed by atoms with E-state index in [1.165, 1.54) is 0 Å². The van der Waals surface area contributed by atoms with Gasteiger partial charge in [-0.3, -0.25) is 4.79 Å². The largest absolute Gasteiger partial charge is 0.344 e. The van der Waals surface area contributed by atoms with Crippen molar-refractivity contribution in [3.8, 4) is 0 Å². The van der Waals surface area contributed by atoms with Crippen molar-refractivity contribution in [2.24, 2.45) is 0 Å². The molecule has 1 N–H and O–H groups in total. The second kappa shape index (κ2) is 6.91. The lowest BCUT2D eigenvalue weighted by molar-refractivity contribution is 0.0939. The number of nitrogens with one attached hydrogen (secondary N) is 1. The highest BCUT2D eigenvalue weighted by molar-refractivity contribution is 9.10. The van der Waals surface area contributed by atoms with Crippen LogP contribution in [0.1, 0.15) is 27.5 Å². The first kappa shape index (κ1) is 15.1. The van der Waals surface area contributed by atoms with Gasteiger partial charge in [0, 0.05) is 10.4 Å². The molecule has 0 saturated heterocycles. The van der Waals surface area contributed by atoms with Gasteiger partial charge in [-0.15, -0.1) is 11.6 Å². The third-order valence-electron chi connectivity index (χ3n) is 3.10. The van der Waals surface area contributed by atoms with Gasteiger partial charge in [0.1, 0.15) is 0 Å². The Bertz CT molecular complexity index is 601. The maximum atomic E-state index is 12.4. The molecule has 0 aliphatic carbocycles. The molecular formula is C16H15BrClNO. The van der Waals surface area contributed by atoms with E-state index in [0.717, 1.165) is 15.6 Å². The third kappa shape index (κ3) is 3.41.